The molecule has 2 fully saturated rings. The maximum Gasteiger partial charge on any atom is 0.271 e. The van der Waals surface area contributed by atoms with Crippen molar-refractivity contribution in [1.29, 1.82) is 0 Å². The highest BCUT2D eigenvalue weighted by atomic mass is 16.2. The molecule has 0 bridgehead atoms. The molecule has 3 rings (SSSR count). The van der Waals surface area contributed by atoms with E-state index in [1.54, 1.807) is 19.0 Å². The highest BCUT2D eigenvalue weighted by Gasteiger charge is 2.33. The summed E-state index contributed by atoms with van der Waals surface area (Å²) in [4.78, 5) is 21.1. The molecule has 4 heteroatoms. The lowest BCUT2D eigenvalue weighted by Crippen LogP contribution is -2.36. The molecule has 4 nitrogen and oxygen atoms in total. The third-order valence-electron chi connectivity index (χ3n) is 5.08. The van der Waals surface area contributed by atoms with Crippen LogP contribution in [0.2, 0.25) is 0 Å². The van der Waals surface area contributed by atoms with Crippen LogP contribution in [0.3, 0.4) is 0 Å². The minimum Gasteiger partial charge on any atom is -0.343 e. The van der Waals surface area contributed by atoms with E-state index in [1.165, 1.54) is 51.5 Å². The standard InChI is InChI=1S/C18H27N3O/c1-20(2)18(22)16-11-6-10-15(19-16)17-12-7-13-21(17)14-8-4-3-5-9-14/h6,10-11,14,17H,3-5,7-9,12-13H2,1-2H3/t17-/m0/s1. The summed E-state index contributed by atoms with van der Waals surface area (Å²) in [5.41, 5.74) is 1.65. The molecule has 120 valence electrons. The van der Waals surface area contributed by atoms with Crippen molar-refractivity contribution in [2.24, 2.45) is 0 Å². The summed E-state index contributed by atoms with van der Waals surface area (Å²) in [5, 5.41) is 0. The van der Waals surface area contributed by atoms with Gasteiger partial charge in [0, 0.05) is 20.1 Å². The first-order chi connectivity index (χ1) is 10.7. The van der Waals surface area contributed by atoms with Gasteiger partial charge in [0.1, 0.15) is 5.69 Å². The van der Waals surface area contributed by atoms with Gasteiger partial charge in [0.15, 0.2) is 0 Å². The van der Waals surface area contributed by atoms with Crippen molar-refractivity contribution in [2.45, 2.75) is 57.0 Å². The van der Waals surface area contributed by atoms with Gasteiger partial charge < -0.3 is 4.90 Å². The molecule has 0 unspecified atom stereocenters. The summed E-state index contributed by atoms with van der Waals surface area (Å²) >= 11 is 0. The molecule has 0 radical (unpaired) electrons. The van der Waals surface area contributed by atoms with Gasteiger partial charge in [-0.25, -0.2) is 4.98 Å². The number of carbonyl (C=O) groups excluding carboxylic acids is 1. The monoisotopic (exact) mass is 301 g/mol. The van der Waals surface area contributed by atoms with Crippen molar-refractivity contribution in [2.75, 3.05) is 20.6 Å². The van der Waals surface area contributed by atoms with E-state index in [-0.39, 0.29) is 5.91 Å². The molecule has 1 amide bonds. The highest BCUT2D eigenvalue weighted by Crippen LogP contribution is 2.36. The van der Waals surface area contributed by atoms with Crippen molar-refractivity contribution >= 4 is 5.91 Å². The molecule has 2 aliphatic rings. The molecular weight excluding hydrogens is 274 g/mol. The van der Waals surface area contributed by atoms with E-state index in [0.29, 0.717) is 11.7 Å². The van der Waals surface area contributed by atoms with Crippen LogP contribution in [0.1, 0.15) is 67.2 Å². The van der Waals surface area contributed by atoms with E-state index in [4.69, 9.17) is 0 Å². The Labute approximate surface area is 133 Å². The molecule has 1 aliphatic carbocycles. The van der Waals surface area contributed by atoms with E-state index in [1.807, 2.05) is 12.1 Å². The second kappa shape index (κ2) is 6.78. The van der Waals surface area contributed by atoms with Gasteiger partial charge in [0.05, 0.1) is 11.7 Å². The van der Waals surface area contributed by atoms with Gasteiger partial charge in [-0.05, 0) is 44.4 Å². The minimum absolute atomic E-state index is 0.0101. The van der Waals surface area contributed by atoms with E-state index in [9.17, 15) is 4.79 Å². The number of amides is 1. The van der Waals surface area contributed by atoms with Crippen molar-refractivity contribution in [1.82, 2.24) is 14.8 Å². The summed E-state index contributed by atoms with van der Waals surface area (Å²) < 4.78 is 0. The Bertz CT molecular complexity index is 523. The van der Waals surface area contributed by atoms with Gasteiger partial charge >= 0.3 is 0 Å². The van der Waals surface area contributed by atoms with Crippen LogP contribution < -0.4 is 0 Å². The number of likely N-dealkylation sites (tertiary alicyclic amines) is 1. The number of hydrogen-bond donors (Lipinski definition) is 0. The zero-order valence-corrected chi connectivity index (χ0v) is 13.8. The fourth-order valence-electron chi connectivity index (χ4n) is 3.94. The second-order valence-corrected chi connectivity index (χ2v) is 6.83. The first-order valence-electron chi connectivity index (χ1n) is 8.61. The van der Waals surface area contributed by atoms with Crippen LogP contribution in [0.25, 0.3) is 0 Å². The van der Waals surface area contributed by atoms with Crippen LogP contribution in [0.5, 0.6) is 0 Å². The first kappa shape index (κ1) is 15.5. The fraction of sp³-hybridized carbons (Fsp3) is 0.667. The van der Waals surface area contributed by atoms with Crippen LogP contribution in [0, 0.1) is 0 Å². The molecule has 0 spiro atoms. The average molecular weight is 301 g/mol. The molecule has 1 atom stereocenters. The maximum absolute atomic E-state index is 12.1. The number of carbonyl (C=O) groups is 1. The van der Waals surface area contributed by atoms with E-state index in [2.05, 4.69) is 16.0 Å². The van der Waals surface area contributed by atoms with Gasteiger partial charge in [-0.1, -0.05) is 25.3 Å². The van der Waals surface area contributed by atoms with Gasteiger partial charge in [0.25, 0.3) is 5.91 Å². The summed E-state index contributed by atoms with van der Waals surface area (Å²) in [5.74, 6) is -0.0101. The smallest absolute Gasteiger partial charge is 0.271 e. The normalized spacial score (nSPS) is 23.6. The van der Waals surface area contributed by atoms with Gasteiger partial charge in [-0.2, -0.15) is 0 Å². The Morgan fingerprint density at radius 2 is 1.91 bits per heavy atom. The van der Waals surface area contributed by atoms with Gasteiger partial charge in [0.2, 0.25) is 0 Å². The molecule has 22 heavy (non-hydrogen) atoms. The Balaban J connectivity index is 1.80. The topological polar surface area (TPSA) is 36.4 Å². The lowest BCUT2D eigenvalue weighted by atomic mass is 9.93. The number of aromatic nitrogens is 1. The van der Waals surface area contributed by atoms with Crippen LogP contribution >= 0.6 is 0 Å². The average Bonchev–Trinajstić information content (AvgIpc) is 3.04. The third kappa shape index (κ3) is 3.17. The molecule has 1 saturated heterocycles. The summed E-state index contributed by atoms with van der Waals surface area (Å²) in [6.07, 6.45) is 9.18. The molecule has 1 aromatic rings. The van der Waals surface area contributed by atoms with E-state index >= 15 is 0 Å². The number of hydrogen-bond acceptors (Lipinski definition) is 3. The summed E-state index contributed by atoms with van der Waals surface area (Å²) in [7, 11) is 3.56. The first-order valence-corrected chi connectivity index (χ1v) is 8.61. The molecule has 0 aromatic carbocycles. The molecule has 1 saturated carbocycles. The second-order valence-electron chi connectivity index (χ2n) is 6.83. The lowest BCUT2D eigenvalue weighted by Gasteiger charge is -2.35. The zero-order valence-electron chi connectivity index (χ0n) is 13.8. The largest absolute Gasteiger partial charge is 0.343 e. The molecule has 2 heterocycles. The summed E-state index contributed by atoms with van der Waals surface area (Å²) in [6, 6.07) is 7.02. The minimum atomic E-state index is -0.0101. The molecule has 1 aromatic heterocycles. The van der Waals surface area contributed by atoms with Gasteiger partial charge in [-0.3, -0.25) is 9.69 Å². The van der Waals surface area contributed by atoms with Crippen LogP contribution in [0.15, 0.2) is 18.2 Å². The van der Waals surface area contributed by atoms with Crippen LogP contribution in [-0.2, 0) is 0 Å². The maximum atomic E-state index is 12.1. The third-order valence-corrected chi connectivity index (χ3v) is 5.08. The Kier molecular flexibility index (Phi) is 4.77. The van der Waals surface area contributed by atoms with Crippen molar-refractivity contribution < 1.29 is 4.79 Å². The Morgan fingerprint density at radius 1 is 1.14 bits per heavy atom. The van der Waals surface area contributed by atoms with Crippen molar-refractivity contribution in [3.05, 3.63) is 29.6 Å². The van der Waals surface area contributed by atoms with E-state index in [0.717, 1.165) is 11.7 Å². The zero-order chi connectivity index (χ0) is 15.5. The SMILES string of the molecule is CN(C)C(=O)c1cccc([C@@H]2CCCN2C2CCCCC2)n1. The number of pyridine rings is 1. The highest BCUT2D eigenvalue weighted by molar-refractivity contribution is 5.91. The molecular formula is C18H27N3O. The Morgan fingerprint density at radius 3 is 2.64 bits per heavy atom. The Hall–Kier alpha value is -1.42. The van der Waals surface area contributed by atoms with Crippen molar-refractivity contribution in [3.63, 3.8) is 0 Å². The lowest BCUT2D eigenvalue weighted by molar-refractivity contribution is 0.0820. The summed E-state index contributed by atoms with van der Waals surface area (Å²) in [6.45, 7) is 1.18. The van der Waals surface area contributed by atoms with Crippen LogP contribution in [-0.4, -0.2) is 47.4 Å². The predicted molar refractivity (Wildman–Crippen MR) is 87.8 cm³/mol. The number of rotatable bonds is 3. The van der Waals surface area contributed by atoms with Crippen molar-refractivity contribution in [3.8, 4) is 0 Å². The predicted octanol–water partition coefficient (Wildman–Crippen LogP) is 3.25. The molecule has 0 N–H and O–H groups in total. The van der Waals surface area contributed by atoms with Gasteiger partial charge in [-0.15, -0.1) is 0 Å². The fourth-order valence-corrected chi connectivity index (χ4v) is 3.94. The quantitative estimate of drug-likeness (QED) is 0.860. The van der Waals surface area contributed by atoms with E-state index < -0.39 is 0 Å². The molecule has 1 aliphatic heterocycles. The number of nitrogens with zero attached hydrogens (tertiary/aromatic N) is 3. The van der Waals surface area contributed by atoms with Crippen LogP contribution in [0.4, 0.5) is 0 Å².